The van der Waals surface area contributed by atoms with Gasteiger partial charge in [0.25, 0.3) is 0 Å². The predicted octanol–water partition coefficient (Wildman–Crippen LogP) is 4.85. The lowest BCUT2D eigenvalue weighted by Gasteiger charge is -2.35. The minimum absolute atomic E-state index is 0.161. The van der Waals surface area contributed by atoms with Gasteiger partial charge in [0.15, 0.2) is 0 Å². The Balaban J connectivity index is 1.08. The van der Waals surface area contributed by atoms with Crippen molar-refractivity contribution in [3.63, 3.8) is 0 Å². The molecule has 2 aromatic rings. The van der Waals surface area contributed by atoms with E-state index in [1.807, 2.05) is 57.2 Å². The van der Waals surface area contributed by atoms with Crippen LogP contribution in [0.2, 0.25) is 0 Å². The van der Waals surface area contributed by atoms with Crippen molar-refractivity contribution >= 4 is 29.4 Å². The Labute approximate surface area is 278 Å². The zero-order chi connectivity index (χ0) is 33.6. The number of imide groups is 1. The number of methoxy groups -OCH3 is 1. The molecule has 2 saturated heterocycles. The van der Waals surface area contributed by atoms with E-state index in [0.29, 0.717) is 58.6 Å². The first-order valence-electron chi connectivity index (χ1n) is 16.4. The highest BCUT2D eigenvalue weighted by atomic mass is 16.6. The van der Waals surface area contributed by atoms with E-state index in [4.69, 9.17) is 23.7 Å². The summed E-state index contributed by atoms with van der Waals surface area (Å²) in [5.41, 5.74) is 2.27. The molecule has 0 unspecified atom stereocenters. The summed E-state index contributed by atoms with van der Waals surface area (Å²) < 4.78 is 27.3. The summed E-state index contributed by atoms with van der Waals surface area (Å²) in [6.07, 6.45) is 1.92. The van der Waals surface area contributed by atoms with E-state index >= 15 is 0 Å². The van der Waals surface area contributed by atoms with Crippen LogP contribution in [0.5, 0.6) is 5.75 Å². The third-order valence-corrected chi connectivity index (χ3v) is 7.97. The van der Waals surface area contributed by atoms with Crippen molar-refractivity contribution in [3.05, 3.63) is 54.1 Å². The number of carbonyl (C=O) groups excluding carboxylic acids is 3. The summed E-state index contributed by atoms with van der Waals surface area (Å²) in [5, 5.41) is 2.65. The maximum Gasteiger partial charge on any atom is 0.407 e. The van der Waals surface area contributed by atoms with Crippen LogP contribution in [0.25, 0.3) is 0 Å². The highest BCUT2D eigenvalue weighted by molar-refractivity contribution is 6.05. The number of hydrogen-bond donors (Lipinski definition) is 1. The zero-order valence-corrected chi connectivity index (χ0v) is 28.2. The Kier molecular flexibility index (Phi) is 13.7. The van der Waals surface area contributed by atoms with Crippen molar-refractivity contribution in [1.29, 1.82) is 0 Å². The van der Waals surface area contributed by atoms with Gasteiger partial charge < -0.3 is 33.9 Å². The largest absolute Gasteiger partial charge is 0.497 e. The van der Waals surface area contributed by atoms with Gasteiger partial charge in [-0.3, -0.25) is 14.6 Å². The number of nitrogens with zero attached hydrogens (tertiary/aromatic N) is 3. The van der Waals surface area contributed by atoms with Gasteiger partial charge in [0.2, 0.25) is 5.91 Å². The second kappa shape index (κ2) is 17.9. The highest BCUT2D eigenvalue weighted by Crippen LogP contribution is 2.28. The van der Waals surface area contributed by atoms with E-state index in [2.05, 4.69) is 22.3 Å². The van der Waals surface area contributed by atoms with Gasteiger partial charge in [0.05, 0.1) is 46.7 Å². The van der Waals surface area contributed by atoms with Crippen molar-refractivity contribution in [2.24, 2.45) is 5.92 Å². The number of nitrogens with one attached hydrogen (secondary N) is 1. The highest BCUT2D eigenvalue weighted by Gasteiger charge is 2.33. The van der Waals surface area contributed by atoms with Gasteiger partial charge in [-0.25, -0.2) is 9.59 Å². The van der Waals surface area contributed by atoms with Gasteiger partial charge >= 0.3 is 12.1 Å². The quantitative estimate of drug-likeness (QED) is 0.254. The number of rotatable bonds is 16. The molecule has 0 aliphatic carbocycles. The molecule has 47 heavy (non-hydrogen) atoms. The zero-order valence-electron chi connectivity index (χ0n) is 28.2. The third-order valence-electron chi connectivity index (χ3n) is 7.97. The van der Waals surface area contributed by atoms with Crippen molar-refractivity contribution in [3.8, 4) is 5.75 Å². The van der Waals surface area contributed by atoms with E-state index in [0.717, 1.165) is 48.6 Å². The Morgan fingerprint density at radius 3 is 2.09 bits per heavy atom. The molecular formula is C35H50N4O8. The lowest BCUT2D eigenvalue weighted by atomic mass is 9.97. The molecule has 0 radical (unpaired) electrons. The Bertz CT molecular complexity index is 1270. The topological polar surface area (TPSA) is 119 Å². The number of ether oxygens (including phenoxy) is 5. The minimum atomic E-state index is -0.515. The van der Waals surface area contributed by atoms with Gasteiger partial charge in [-0.2, -0.15) is 0 Å². The number of urea groups is 1. The second-order valence-corrected chi connectivity index (χ2v) is 12.7. The van der Waals surface area contributed by atoms with Crippen LogP contribution in [0, 0.1) is 5.92 Å². The molecule has 0 aromatic heterocycles. The van der Waals surface area contributed by atoms with E-state index < -0.39 is 11.7 Å². The normalized spacial score (nSPS) is 16.0. The number of carbonyl (C=O) groups is 3. The smallest absolute Gasteiger partial charge is 0.407 e. The first-order valence-corrected chi connectivity index (χ1v) is 16.4. The molecule has 0 bridgehead atoms. The van der Waals surface area contributed by atoms with Crippen molar-refractivity contribution < 1.29 is 38.1 Å². The summed E-state index contributed by atoms with van der Waals surface area (Å²) in [6.45, 7) is 11.4. The van der Waals surface area contributed by atoms with Gasteiger partial charge in [-0.05, 0) is 81.5 Å². The SMILES string of the molecule is COc1ccc(CN2C(=O)CCN(c3ccc(N4CCC(COCCOCCOCCNC(=O)OC(C)(C)C)CC4)cc3)C2=O)cc1. The van der Waals surface area contributed by atoms with Crippen LogP contribution in [0.3, 0.4) is 0 Å². The molecule has 0 spiro atoms. The average molecular weight is 655 g/mol. The first-order chi connectivity index (χ1) is 22.6. The fourth-order valence-corrected chi connectivity index (χ4v) is 5.43. The van der Waals surface area contributed by atoms with Gasteiger partial charge in [0, 0.05) is 50.6 Å². The Hall–Kier alpha value is -3.87. The van der Waals surface area contributed by atoms with E-state index in [-0.39, 0.29) is 24.9 Å². The van der Waals surface area contributed by atoms with Gasteiger partial charge in [-0.1, -0.05) is 12.1 Å². The second-order valence-electron chi connectivity index (χ2n) is 12.7. The van der Waals surface area contributed by atoms with Gasteiger partial charge in [0.1, 0.15) is 11.4 Å². The van der Waals surface area contributed by atoms with Crippen LogP contribution in [-0.2, 0) is 30.3 Å². The molecule has 2 aliphatic rings. The van der Waals surface area contributed by atoms with Crippen LogP contribution < -0.4 is 19.9 Å². The molecule has 1 N–H and O–H groups in total. The number of piperidine rings is 1. The molecule has 2 aliphatic heterocycles. The number of anilines is 2. The Morgan fingerprint density at radius 1 is 0.830 bits per heavy atom. The molecule has 4 amide bonds. The molecule has 4 rings (SSSR count). The molecule has 0 atom stereocenters. The molecule has 2 heterocycles. The van der Waals surface area contributed by atoms with Crippen LogP contribution >= 0.6 is 0 Å². The fraction of sp³-hybridized carbons (Fsp3) is 0.571. The third kappa shape index (κ3) is 11.7. The average Bonchev–Trinajstić information content (AvgIpc) is 3.05. The molecule has 12 heteroatoms. The summed E-state index contributed by atoms with van der Waals surface area (Å²) in [5.74, 6) is 1.08. The number of alkyl carbamates (subject to hydrolysis) is 1. The summed E-state index contributed by atoms with van der Waals surface area (Å²) >= 11 is 0. The predicted molar refractivity (Wildman–Crippen MR) is 179 cm³/mol. The first kappa shape index (κ1) is 36.0. The minimum Gasteiger partial charge on any atom is -0.497 e. The van der Waals surface area contributed by atoms with Gasteiger partial charge in [-0.15, -0.1) is 0 Å². The molecule has 0 saturated carbocycles. The van der Waals surface area contributed by atoms with Crippen LogP contribution in [0.4, 0.5) is 21.0 Å². The summed E-state index contributed by atoms with van der Waals surface area (Å²) in [7, 11) is 1.60. The number of amides is 4. The van der Waals surface area contributed by atoms with Crippen molar-refractivity contribution in [2.45, 2.75) is 52.2 Å². The van der Waals surface area contributed by atoms with E-state index in [1.165, 1.54) is 4.90 Å². The van der Waals surface area contributed by atoms with Crippen LogP contribution in [0.1, 0.15) is 45.6 Å². The lowest BCUT2D eigenvalue weighted by molar-refractivity contribution is -0.129. The lowest BCUT2D eigenvalue weighted by Crippen LogP contribution is -2.52. The molecule has 258 valence electrons. The Morgan fingerprint density at radius 2 is 1.45 bits per heavy atom. The van der Waals surface area contributed by atoms with Crippen molar-refractivity contribution in [2.75, 3.05) is 82.7 Å². The number of hydrogen-bond acceptors (Lipinski definition) is 9. The fourth-order valence-electron chi connectivity index (χ4n) is 5.43. The van der Waals surface area contributed by atoms with E-state index in [1.54, 1.807) is 12.0 Å². The van der Waals surface area contributed by atoms with E-state index in [9.17, 15) is 14.4 Å². The monoisotopic (exact) mass is 654 g/mol. The molecule has 2 fully saturated rings. The standard InChI is InChI=1S/C35H50N4O8/c1-35(2,3)47-33(41)36-16-20-44-21-22-45-23-24-46-26-28-13-17-37(18-14-28)29-7-9-30(10-8-29)38-19-15-32(40)39(34(38)42)25-27-5-11-31(43-4)12-6-27/h5-12,28H,13-26H2,1-4H3,(H,36,41). The van der Waals surface area contributed by atoms with Crippen molar-refractivity contribution in [1.82, 2.24) is 10.2 Å². The van der Waals surface area contributed by atoms with Crippen LogP contribution in [0.15, 0.2) is 48.5 Å². The maximum absolute atomic E-state index is 13.3. The molecule has 12 nitrogen and oxygen atoms in total. The molecular weight excluding hydrogens is 604 g/mol. The summed E-state index contributed by atoms with van der Waals surface area (Å²) in [6, 6.07) is 15.2. The maximum atomic E-state index is 13.3. The summed E-state index contributed by atoms with van der Waals surface area (Å²) in [4.78, 5) is 42.9. The number of benzene rings is 2. The van der Waals surface area contributed by atoms with Crippen LogP contribution in [-0.4, -0.2) is 101 Å². The molecule has 2 aromatic carbocycles.